The Hall–Kier alpha value is -5.74. The third kappa shape index (κ3) is 4.07. The summed E-state index contributed by atoms with van der Waals surface area (Å²) in [6.07, 6.45) is 17.2. The van der Waals surface area contributed by atoms with Crippen LogP contribution in [0.5, 0.6) is 0 Å². The first-order valence-corrected chi connectivity index (χ1v) is 16.6. The molecule has 1 unspecified atom stereocenters. The Bertz CT molecular complexity index is 2470. The first-order chi connectivity index (χ1) is 23.3. The van der Waals surface area contributed by atoms with Crippen LogP contribution in [0.2, 0.25) is 0 Å². The molecule has 0 saturated carbocycles. The van der Waals surface area contributed by atoms with Crippen molar-refractivity contribution in [3.8, 4) is 28.2 Å². The molecule has 224 valence electrons. The molecule has 3 aliphatic carbocycles. The summed E-state index contributed by atoms with van der Waals surface area (Å²) in [5, 5.41) is 2.43. The fourth-order valence-electron chi connectivity index (χ4n) is 7.90. The van der Waals surface area contributed by atoms with E-state index in [1.807, 2.05) is 6.07 Å². The summed E-state index contributed by atoms with van der Waals surface area (Å²) in [6.45, 7) is 0. The minimum Gasteiger partial charge on any atom is -0.460 e. The fourth-order valence-corrected chi connectivity index (χ4v) is 7.90. The van der Waals surface area contributed by atoms with E-state index in [9.17, 15) is 0 Å². The van der Waals surface area contributed by atoms with Gasteiger partial charge in [-0.3, -0.25) is 0 Å². The van der Waals surface area contributed by atoms with Crippen LogP contribution in [-0.4, -0.2) is 14.5 Å². The summed E-state index contributed by atoms with van der Waals surface area (Å²) in [5.74, 6) is 2.83. The van der Waals surface area contributed by atoms with Crippen LogP contribution >= 0.6 is 0 Å². The van der Waals surface area contributed by atoms with Crippen molar-refractivity contribution in [1.82, 2.24) is 14.5 Å². The molecule has 4 nitrogen and oxygen atoms in total. The molecule has 0 spiro atoms. The monoisotopic (exact) mass is 605 g/mol. The maximum absolute atomic E-state index is 6.68. The van der Waals surface area contributed by atoms with Crippen molar-refractivity contribution in [2.75, 3.05) is 0 Å². The van der Waals surface area contributed by atoms with E-state index in [-0.39, 0.29) is 5.92 Å². The lowest BCUT2D eigenvalue weighted by molar-refractivity contribution is 0.547. The number of fused-ring (bicyclic) bond motifs is 8. The van der Waals surface area contributed by atoms with Gasteiger partial charge in [0.1, 0.15) is 17.2 Å². The van der Waals surface area contributed by atoms with Crippen LogP contribution in [0.1, 0.15) is 59.0 Å². The van der Waals surface area contributed by atoms with Gasteiger partial charge in [-0.25, -0.2) is 9.97 Å². The number of benzene rings is 4. The molecule has 0 saturated heterocycles. The number of allylic oxidation sites excluding steroid dienone is 5. The summed E-state index contributed by atoms with van der Waals surface area (Å²) in [4.78, 5) is 10.3. The molecule has 3 heterocycles. The summed E-state index contributed by atoms with van der Waals surface area (Å²) in [7, 11) is 0. The number of furan rings is 1. The highest BCUT2D eigenvalue weighted by atomic mass is 16.3. The van der Waals surface area contributed by atoms with Crippen LogP contribution in [-0.2, 0) is 6.42 Å². The van der Waals surface area contributed by atoms with Gasteiger partial charge in [0.05, 0.1) is 11.2 Å². The standard InChI is InChI=1S/C43H31N3O/c1-3-13-27(14-4-1)36-25-39(45-43(44-36)28-15-5-2-6-16-28)46-26-35(29-17-9-11-21-37(29)46)40-31-19-7-8-20-32(31)41-34(40)24-23-33-30-18-10-12-22-38(30)47-42(33)41/h1-5,7-11,13-15,17-21,23-26,40H,6,12,16,22H2. The van der Waals surface area contributed by atoms with E-state index in [4.69, 9.17) is 14.4 Å². The Balaban J connectivity index is 1.20. The van der Waals surface area contributed by atoms with E-state index < -0.39 is 0 Å². The molecule has 0 aliphatic heterocycles. The molecule has 10 rings (SSSR count). The van der Waals surface area contributed by atoms with Crippen LogP contribution in [0.3, 0.4) is 0 Å². The predicted octanol–water partition coefficient (Wildman–Crippen LogP) is 10.7. The average Bonchev–Trinajstić information content (AvgIpc) is 3.82. The Labute approximate surface area is 273 Å². The molecule has 4 aromatic carbocycles. The van der Waals surface area contributed by atoms with Gasteiger partial charge in [0.2, 0.25) is 0 Å². The SMILES string of the molecule is C1=CCCC(c2nc(-c3ccccc3)cc(-n3cc(C4c5ccccc5-c5c4ccc4c6c(oc54)CCC=C6)c4ccccc43)n2)=C1. The Morgan fingerprint density at radius 1 is 0.723 bits per heavy atom. The second-order valence-electron chi connectivity index (χ2n) is 12.7. The smallest absolute Gasteiger partial charge is 0.158 e. The van der Waals surface area contributed by atoms with Crippen molar-refractivity contribution >= 4 is 33.5 Å². The number of aryl methyl sites for hydroxylation is 1. The summed E-state index contributed by atoms with van der Waals surface area (Å²) in [6, 6.07) is 34.8. The van der Waals surface area contributed by atoms with Gasteiger partial charge in [0.15, 0.2) is 5.82 Å². The van der Waals surface area contributed by atoms with Crippen molar-refractivity contribution in [3.05, 3.63) is 161 Å². The van der Waals surface area contributed by atoms with Crippen LogP contribution in [0, 0.1) is 0 Å². The van der Waals surface area contributed by atoms with Crippen molar-refractivity contribution < 1.29 is 4.42 Å². The van der Waals surface area contributed by atoms with Crippen LogP contribution < -0.4 is 0 Å². The zero-order valence-electron chi connectivity index (χ0n) is 25.9. The summed E-state index contributed by atoms with van der Waals surface area (Å²) >= 11 is 0. The van der Waals surface area contributed by atoms with E-state index in [0.717, 1.165) is 65.4 Å². The normalized spacial score (nSPS) is 16.3. The van der Waals surface area contributed by atoms with Gasteiger partial charge in [0.25, 0.3) is 0 Å². The van der Waals surface area contributed by atoms with Crippen molar-refractivity contribution in [2.45, 2.75) is 31.6 Å². The molecule has 1 atom stereocenters. The summed E-state index contributed by atoms with van der Waals surface area (Å²) < 4.78 is 8.95. The van der Waals surface area contributed by atoms with Gasteiger partial charge in [0, 0.05) is 52.1 Å². The quantitative estimate of drug-likeness (QED) is 0.200. The molecule has 0 fully saturated rings. The predicted molar refractivity (Wildman–Crippen MR) is 191 cm³/mol. The molecule has 0 bridgehead atoms. The minimum atomic E-state index is 0.0653. The highest BCUT2D eigenvalue weighted by Crippen LogP contribution is 2.53. The van der Waals surface area contributed by atoms with Crippen molar-refractivity contribution in [1.29, 1.82) is 0 Å². The van der Waals surface area contributed by atoms with Gasteiger partial charge in [-0.1, -0.05) is 115 Å². The number of nitrogens with zero attached hydrogens (tertiary/aromatic N) is 3. The minimum absolute atomic E-state index is 0.0653. The van der Waals surface area contributed by atoms with E-state index in [1.165, 1.54) is 49.7 Å². The lowest BCUT2D eigenvalue weighted by atomic mass is 9.89. The molecule has 3 aromatic heterocycles. The molecule has 7 aromatic rings. The highest BCUT2D eigenvalue weighted by molar-refractivity contribution is 6.03. The third-order valence-corrected chi connectivity index (χ3v) is 10.1. The van der Waals surface area contributed by atoms with Crippen LogP contribution in [0.25, 0.3) is 61.7 Å². The highest BCUT2D eigenvalue weighted by Gasteiger charge is 2.35. The lowest BCUT2D eigenvalue weighted by Crippen LogP contribution is -2.05. The number of rotatable bonds is 4. The second-order valence-corrected chi connectivity index (χ2v) is 12.7. The Kier molecular flexibility index (Phi) is 5.86. The van der Waals surface area contributed by atoms with Crippen LogP contribution in [0.4, 0.5) is 0 Å². The van der Waals surface area contributed by atoms with Gasteiger partial charge in [-0.15, -0.1) is 0 Å². The summed E-state index contributed by atoms with van der Waals surface area (Å²) in [5.41, 5.74) is 12.9. The lowest BCUT2D eigenvalue weighted by Gasteiger charge is -2.14. The van der Waals surface area contributed by atoms with Gasteiger partial charge in [-0.05, 0) is 53.2 Å². The van der Waals surface area contributed by atoms with Crippen LogP contribution in [0.15, 0.2) is 132 Å². The third-order valence-electron chi connectivity index (χ3n) is 10.1. The molecule has 0 N–H and O–H groups in total. The van der Waals surface area contributed by atoms with E-state index in [2.05, 4.69) is 132 Å². The first kappa shape index (κ1) is 26.5. The number of aromatic nitrogens is 3. The molecule has 3 aliphatic rings. The first-order valence-electron chi connectivity index (χ1n) is 16.6. The second kappa shape index (κ2) is 10.4. The molecular weight excluding hydrogens is 574 g/mol. The molecule has 0 radical (unpaired) electrons. The van der Waals surface area contributed by atoms with Gasteiger partial charge in [-0.2, -0.15) is 0 Å². The van der Waals surface area contributed by atoms with E-state index in [1.54, 1.807) is 0 Å². The van der Waals surface area contributed by atoms with Crippen molar-refractivity contribution in [2.24, 2.45) is 0 Å². The van der Waals surface area contributed by atoms with Gasteiger partial charge < -0.3 is 8.98 Å². The topological polar surface area (TPSA) is 43.9 Å². The van der Waals surface area contributed by atoms with Crippen molar-refractivity contribution in [3.63, 3.8) is 0 Å². The maximum atomic E-state index is 6.68. The van der Waals surface area contributed by atoms with E-state index >= 15 is 0 Å². The Morgan fingerprint density at radius 3 is 2.49 bits per heavy atom. The fraction of sp³-hybridized carbons (Fsp3) is 0.116. The Morgan fingerprint density at radius 2 is 1.57 bits per heavy atom. The number of hydrogen-bond acceptors (Lipinski definition) is 3. The average molecular weight is 606 g/mol. The van der Waals surface area contributed by atoms with E-state index in [0.29, 0.717) is 0 Å². The molecule has 4 heteroatoms. The largest absolute Gasteiger partial charge is 0.460 e. The number of para-hydroxylation sites is 1. The molecule has 0 amide bonds. The molecule has 47 heavy (non-hydrogen) atoms. The molecular formula is C43H31N3O. The number of hydrogen-bond donors (Lipinski definition) is 0. The van der Waals surface area contributed by atoms with Gasteiger partial charge >= 0.3 is 0 Å². The zero-order chi connectivity index (χ0) is 30.9. The maximum Gasteiger partial charge on any atom is 0.158 e. The zero-order valence-corrected chi connectivity index (χ0v) is 25.9.